The fourth-order valence-corrected chi connectivity index (χ4v) is 5.10. The first-order valence-corrected chi connectivity index (χ1v) is 7.55. The normalized spacial score (nSPS) is 41.5. The van der Waals surface area contributed by atoms with Crippen LogP contribution < -0.4 is 0 Å². The van der Waals surface area contributed by atoms with Crippen molar-refractivity contribution < 1.29 is 24.5 Å². The Morgan fingerprint density at radius 3 is 2.33 bits per heavy atom. The van der Waals surface area contributed by atoms with Crippen molar-refractivity contribution in [2.75, 3.05) is 7.11 Å². The van der Waals surface area contributed by atoms with Crippen molar-refractivity contribution in [1.82, 2.24) is 0 Å². The third-order valence-electron chi connectivity index (χ3n) is 5.98. The second kappa shape index (κ2) is 4.97. The van der Waals surface area contributed by atoms with E-state index in [1.165, 1.54) is 0 Å². The number of methoxy groups -OCH3 is 1. The molecule has 2 aliphatic rings. The Labute approximate surface area is 125 Å². The molecular weight excluding hydrogens is 272 g/mol. The van der Waals surface area contributed by atoms with E-state index in [2.05, 4.69) is 13.8 Å². The number of carboxylic acids is 2. The van der Waals surface area contributed by atoms with Crippen molar-refractivity contribution in [2.45, 2.75) is 59.0 Å². The van der Waals surface area contributed by atoms with Crippen molar-refractivity contribution in [3.8, 4) is 0 Å². The van der Waals surface area contributed by atoms with Gasteiger partial charge in [0.25, 0.3) is 0 Å². The van der Waals surface area contributed by atoms with Crippen molar-refractivity contribution in [1.29, 1.82) is 0 Å². The zero-order valence-electron chi connectivity index (χ0n) is 13.3. The summed E-state index contributed by atoms with van der Waals surface area (Å²) in [4.78, 5) is 23.1. The fourth-order valence-electron chi connectivity index (χ4n) is 5.10. The molecule has 5 heteroatoms. The van der Waals surface area contributed by atoms with Gasteiger partial charge in [-0.25, -0.2) is 0 Å². The Hall–Kier alpha value is -1.10. The van der Waals surface area contributed by atoms with Crippen LogP contribution in [0.5, 0.6) is 0 Å². The lowest BCUT2D eigenvalue weighted by atomic mass is 9.54. The first-order valence-electron chi connectivity index (χ1n) is 7.55. The van der Waals surface area contributed by atoms with Crippen LogP contribution in [0.15, 0.2) is 0 Å². The maximum atomic E-state index is 11.7. The van der Waals surface area contributed by atoms with Gasteiger partial charge in [-0.15, -0.1) is 0 Å². The average Bonchev–Trinajstić information content (AvgIpc) is 2.55. The average molecular weight is 298 g/mol. The second-order valence-electron chi connectivity index (χ2n) is 7.85. The molecular formula is C16H26O5. The standard InChI is InChI=1S/C16H26O5/c1-14(2)7-11(21-4)16(8-12(17)18)9-15(3,13(19)20)6-5-10(14)16/h10-11H,5-9H2,1-4H3,(H,17,18)(H,19,20)/t10-,11-,15+,16-/m0/s1. The Morgan fingerprint density at radius 2 is 1.86 bits per heavy atom. The molecule has 0 bridgehead atoms. The van der Waals surface area contributed by atoms with Gasteiger partial charge in [0.2, 0.25) is 0 Å². The highest BCUT2D eigenvalue weighted by Gasteiger charge is 2.64. The minimum Gasteiger partial charge on any atom is -0.481 e. The summed E-state index contributed by atoms with van der Waals surface area (Å²) in [7, 11) is 1.61. The summed E-state index contributed by atoms with van der Waals surface area (Å²) >= 11 is 0. The minimum absolute atomic E-state index is 0.0114. The number of hydrogen-bond donors (Lipinski definition) is 2. The Balaban J connectivity index is 2.48. The number of rotatable bonds is 4. The maximum Gasteiger partial charge on any atom is 0.309 e. The van der Waals surface area contributed by atoms with Gasteiger partial charge in [0.05, 0.1) is 17.9 Å². The smallest absolute Gasteiger partial charge is 0.309 e. The lowest BCUT2D eigenvalue weighted by Gasteiger charge is -2.50. The summed E-state index contributed by atoms with van der Waals surface area (Å²) in [5.74, 6) is -1.50. The second-order valence-corrected chi connectivity index (χ2v) is 7.85. The Morgan fingerprint density at radius 1 is 1.24 bits per heavy atom. The van der Waals surface area contributed by atoms with Gasteiger partial charge >= 0.3 is 11.9 Å². The summed E-state index contributed by atoms with van der Waals surface area (Å²) < 4.78 is 5.64. The van der Waals surface area contributed by atoms with Crippen LogP contribution in [0.4, 0.5) is 0 Å². The van der Waals surface area contributed by atoms with Crippen LogP contribution in [0.3, 0.4) is 0 Å². The third-order valence-corrected chi connectivity index (χ3v) is 5.98. The number of fused-ring (bicyclic) bond motifs is 1. The zero-order chi connectivity index (χ0) is 16.1. The molecule has 0 aromatic rings. The molecule has 21 heavy (non-hydrogen) atoms. The third kappa shape index (κ3) is 2.45. The quantitative estimate of drug-likeness (QED) is 0.833. The number of ether oxygens (including phenoxy) is 1. The molecule has 120 valence electrons. The van der Waals surface area contributed by atoms with Crippen LogP contribution in [0, 0.1) is 22.2 Å². The lowest BCUT2D eigenvalue weighted by Crippen LogP contribution is -2.50. The first-order chi connectivity index (χ1) is 9.57. The van der Waals surface area contributed by atoms with E-state index in [0.717, 1.165) is 12.8 Å². The molecule has 0 aliphatic heterocycles. The van der Waals surface area contributed by atoms with Crippen LogP contribution in [0.1, 0.15) is 52.9 Å². The molecule has 0 aromatic carbocycles. The van der Waals surface area contributed by atoms with Gasteiger partial charge in [0.15, 0.2) is 0 Å². The van der Waals surface area contributed by atoms with E-state index >= 15 is 0 Å². The SMILES string of the molecule is CO[C@H]1CC(C)(C)[C@@H]2CC[C@@](C)(C(=O)O)C[C@]12CC(=O)O. The van der Waals surface area contributed by atoms with Gasteiger partial charge < -0.3 is 14.9 Å². The summed E-state index contributed by atoms with van der Waals surface area (Å²) in [5.41, 5.74) is -1.45. The predicted molar refractivity (Wildman–Crippen MR) is 77.0 cm³/mol. The number of carbonyl (C=O) groups is 2. The molecule has 2 aliphatic carbocycles. The van der Waals surface area contributed by atoms with E-state index in [0.29, 0.717) is 12.8 Å². The molecule has 0 spiro atoms. The van der Waals surface area contributed by atoms with E-state index in [4.69, 9.17) is 4.74 Å². The fraction of sp³-hybridized carbons (Fsp3) is 0.875. The molecule has 0 aromatic heterocycles. The highest BCUT2D eigenvalue weighted by atomic mass is 16.5. The number of aliphatic carboxylic acids is 2. The molecule has 2 rings (SSSR count). The number of hydrogen-bond acceptors (Lipinski definition) is 3. The lowest BCUT2D eigenvalue weighted by molar-refractivity contribution is -0.164. The monoisotopic (exact) mass is 298 g/mol. The van der Waals surface area contributed by atoms with E-state index in [1.807, 2.05) is 0 Å². The van der Waals surface area contributed by atoms with Gasteiger partial charge in [0, 0.05) is 12.5 Å². The summed E-state index contributed by atoms with van der Waals surface area (Å²) in [6.45, 7) is 6.04. The summed E-state index contributed by atoms with van der Waals surface area (Å²) in [5, 5.41) is 19.0. The molecule has 2 saturated carbocycles. The molecule has 0 saturated heterocycles. The van der Waals surface area contributed by atoms with Crippen LogP contribution in [-0.2, 0) is 14.3 Å². The molecule has 4 atom stereocenters. The molecule has 0 unspecified atom stereocenters. The molecule has 0 amide bonds. The van der Waals surface area contributed by atoms with Crippen molar-refractivity contribution in [3.63, 3.8) is 0 Å². The molecule has 2 N–H and O–H groups in total. The molecule has 0 heterocycles. The van der Waals surface area contributed by atoms with E-state index in [-0.39, 0.29) is 23.9 Å². The van der Waals surface area contributed by atoms with Gasteiger partial charge in [-0.3, -0.25) is 9.59 Å². The van der Waals surface area contributed by atoms with Crippen LogP contribution in [0.25, 0.3) is 0 Å². The van der Waals surface area contributed by atoms with E-state index in [1.54, 1.807) is 14.0 Å². The zero-order valence-corrected chi connectivity index (χ0v) is 13.3. The Bertz CT molecular complexity index is 458. The summed E-state index contributed by atoms with van der Waals surface area (Å²) in [6, 6.07) is 0. The van der Waals surface area contributed by atoms with Gasteiger partial charge in [0.1, 0.15) is 0 Å². The van der Waals surface area contributed by atoms with Crippen molar-refractivity contribution in [2.24, 2.45) is 22.2 Å². The van der Waals surface area contributed by atoms with Crippen LogP contribution in [-0.4, -0.2) is 35.4 Å². The van der Waals surface area contributed by atoms with E-state index in [9.17, 15) is 19.8 Å². The van der Waals surface area contributed by atoms with Gasteiger partial charge in [-0.05, 0) is 43.9 Å². The topological polar surface area (TPSA) is 83.8 Å². The van der Waals surface area contributed by atoms with Gasteiger partial charge in [-0.2, -0.15) is 0 Å². The largest absolute Gasteiger partial charge is 0.481 e. The molecule has 5 nitrogen and oxygen atoms in total. The molecule has 0 radical (unpaired) electrons. The Kier molecular flexibility index (Phi) is 3.85. The van der Waals surface area contributed by atoms with Crippen molar-refractivity contribution >= 4 is 11.9 Å². The first kappa shape index (κ1) is 16.3. The van der Waals surface area contributed by atoms with Gasteiger partial charge in [-0.1, -0.05) is 13.8 Å². The summed E-state index contributed by atoms with van der Waals surface area (Å²) in [6.07, 6.45) is 2.33. The highest BCUT2D eigenvalue weighted by Crippen LogP contribution is 2.65. The highest BCUT2D eigenvalue weighted by molar-refractivity contribution is 5.75. The number of carboxylic acid groups (broad SMARTS) is 2. The van der Waals surface area contributed by atoms with Crippen LogP contribution >= 0.6 is 0 Å². The minimum atomic E-state index is -0.866. The maximum absolute atomic E-state index is 11.7. The van der Waals surface area contributed by atoms with Crippen molar-refractivity contribution in [3.05, 3.63) is 0 Å². The molecule has 2 fully saturated rings. The van der Waals surface area contributed by atoms with Crippen LogP contribution in [0.2, 0.25) is 0 Å². The predicted octanol–water partition coefficient (Wildman–Crippen LogP) is 2.78. The van der Waals surface area contributed by atoms with E-state index < -0.39 is 22.8 Å².